The maximum atomic E-state index is 6.35. The third-order valence-electron chi connectivity index (χ3n) is 3.98. The zero-order valence-corrected chi connectivity index (χ0v) is 14.3. The van der Waals surface area contributed by atoms with Gasteiger partial charge in [-0.05, 0) is 25.0 Å². The standard InChI is InChI=1S/C17H15ClN4S/c1-9-12-14-15(23-17(12)20-10(2)13(9)18)16(22-21-14)19-8-11-6-4-3-5-7-11/h3-7H,8H2,1-2H3,(H2,19,21,22). The Balaban J connectivity index is 1.77. The number of thiophene rings is 1. The summed E-state index contributed by atoms with van der Waals surface area (Å²) in [6, 6.07) is 10.3. The minimum atomic E-state index is 0.727. The van der Waals surface area contributed by atoms with Crippen LogP contribution in [0.25, 0.3) is 20.4 Å². The molecule has 0 bridgehead atoms. The number of anilines is 1. The number of benzene rings is 1. The van der Waals surface area contributed by atoms with Crippen molar-refractivity contribution >= 4 is 49.2 Å². The van der Waals surface area contributed by atoms with Gasteiger partial charge in [0.15, 0.2) is 5.82 Å². The minimum Gasteiger partial charge on any atom is -0.363 e. The highest BCUT2D eigenvalue weighted by Crippen LogP contribution is 2.39. The number of nitrogens with zero attached hydrogens (tertiary/aromatic N) is 2. The number of rotatable bonds is 3. The van der Waals surface area contributed by atoms with E-state index in [1.54, 1.807) is 11.3 Å². The highest BCUT2D eigenvalue weighted by Gasteiger charge is 2.17. The number of hydrogen-bond acceptors (Lipinski definition) is 4. The van der Waals surface area contributed by atoms with Crippen molar-refractivity contribution in [3.63, 3.8) is 0 Å². The average Bonchev–Trinajstić information content (AvgIpc) is 3.10. The third kappa shape index (κ3) is 2.36. The summed E-state index contributed by atoms with van der Waals surface area (Å²) in [6.45, 7) is 4.71. The fourth-order valence-electron chi connectivity index (χ4n) is 2.77. The molecule has 4 nitrogen and oxygen atoms in total. The molecule has 3 heterocycles. The molecule has 0 saturated carbocycles. The number of fused-ring (bicyclic) bond motifs is 3. The van der Waals surface area contributed by atoms with Crippen molar-refractivity contribution in [3.8, 4) is 0 Å². The Morgan fingerprint density at radius 3 is 2.78 bits per heavy atom. The summed E-state index contributed by atoms with van der Waals surface area (Å²) in [7, 11) is 0. The van der Waals surface area contributed by atoms with Crippen LogP contribution >= 0.6 is 22.9 Å². The molecule has 2 N–H and O–H groups in total. The highest BCUT2D eigenvalue weighted by atomic mass is 35.5. The molecule has 0 unspecified atom stereocenters. The number of pyridine rings is 1. The molecule has 3 aromatic heterocycles. The second-order valence-corrected chi connectivity index (χ2v) is 6.91. The Labute approximate surface area is 142 Å². The molecule has 4 rings (SSSR count). The maximum Gasteiger partial charge on any atom is 0.166 e. The van der Waals surface area contributed by atoms with Crippen LogP contribution in [0, 0.1) is 13.8 Å². The molecule has 1 aromatic carbocycles. The van der Waals surface area contributed by atoms with E-state index in [2.05, 4.69) is 32.6 Å². The molecule has 0 saturated heterocycles. The van der Waals surface area contributed by atoms with Gasteiger partial charge in [0.1, 0.15) is 4.83 Å². The smallest absolute Gasteiger partial charge is 0.166 e. The van der Waals surface area contributed by atoms with E-state index >= 15 is 0 Å². The van der Waals surface area contributed by atoms with Crippen LogP contribution in [0.3, 0.4) is 0 Å². The van der Waals surface area contributed by atoms with E-state index in [1.165, 1.54) is 5.56 Å². The predicted molar refractivity (Wildman–Crippen MR) is 97.5 cm³/mol. The monoisotopic (exact) mass is 342 g/mol. The molecule has 0 aliphatic heterocycles. The number of hydrogen-bond donors (Lipinski definition) is 2. The Morgan fingerprint density at radius 1 is 1.22 bits per heavy atom. The first-order valence-electron chi connectivity index (χ1n) is 7.36. The SMILES string of the molecule is Cc1nc2sc3c(NCc4ccccc4)n[nH]c3c2c(C)c1Cl. The molecule has 0 spiro atoms. The predicted octanol–water partition coefficient (Wildman–Crippen LogP) is 5.05. The Kier molecular flexibility index (Phi) is 3.47. The van der Waals surface area contributed by atoms with Gasteiger partial charge in [0.2, 0.25) is 0 Å². The van der Waals surface area contributed by atoms with Gasteiger partial charge >= 0.3 is 0 Å². The minimum absolute atomic E-state index is 0.727. The van der Waals surface area contributed by atoms with Gasteiger partial charge in [-0.3, -0.25) is 5.10 Å². The van der Waals surface area contributed by atoms with Gasteiger partial charge in [0.25, 0.3) is 0 Å². The van der Waals surface area contributed by atoms with E-state index in [0.29, 0.717) is 0 Å². The molecule has 23 heavy (non-hydrogen) atoms. The van der Waals surface area contributed by atoms with Crippen LogP contribution in [-0.2, 0) is 6.54 Å². The second kappa shape index (κ2) is 5.51. The van der Waals surface area contributed by atoms with Crippen LogP contribution in [0.4, 0.5) is 5.82 Å². The first-order valence-corrected chi connectivity index (χ1v) is 8.55. The van der Waals surface area contributed by atoms with E-state index in [9.17, 15) is 0 Å². The Morgan fingerprint density at radius 2 is 2.00 bits per heavy atom. The van der Waals surface area contributed by atoms with Crippen molar-refractivity contribution in [2.24, 2.45) is 0 Å². The highest BCUT2D eigenvalue weighted by molar-refractivity contribution is 7.26. The molecular weight excluding hydrogens is 328 g/mol. The summed E-state index contributed by atoms with van der Waals surface area (Å²) in [4.78, 5) is 5.61. The van der Waals surface area contributed by atoms with Crippen LogP contribution < -0.4 is 5.32 Å². The van der Waals surface area contributed by atoms with Crippen molar-refractivity contribution in [1.82, 2.24) is 15.2 Å². The van der Waals surface area contributed by atoms with Crippen LogP contribution in [0.15, 0.2) is 30.3 Å². The molecule has 0 aliphatic carbocycles. The van der Waals surface area contributed by atoms with Crippen LogP contribution in [0.1, 0.15) is 16.8 Å². The van der Waals surface area contributed by atoms with Crippen molar-refractivity contribution in [3.05, 3.63) is 52.2 Å². The normalized spacial score (nSPS) is 11.4. The molecule has 0 fully saturated rings. The lowest BCUT2D eigenvalue weighted by Crippen LogP contribution is -1.99. The molecular formula is C17H15ClN4S. The zero-order valence-electron chi connectivity index (χ0n) is 12.8. The molecule has 116 valence electrons. The van der Waals surface area contributed by atoms with Gasteiger partial charge in [0.05, 0.1) is 20.9 Å². The van der Waals surface area contributed by atoms with Crippen LogP contribution in [-0.4, -0.2) is 15.2 Å². The number of aryl methyl sites for hydroxylation is 2. The summed E-state index contributed by atoms with van der Waals surface area (Å²) < 4.78 is 1.09. The largest absolute Gasteiger partial charge is 0.363 e. The van der Waals surface area contributed by atoms with E-state index < -0.39 is 0 Å². The topological polar surface area (TPSA) is 53.6 Å². The first kappa shape index (κ1) is 14.5. The third-order valence-corrected chi connectivity index (χ3v) is 5.63. The number of halogens is 1. The fourth-order valence-corrected chi connectivity index (χ4v) is 4.10. The van der Waals surface area contributed by atoms with E-state index in [0.717, 1.165) is 49.1 Å². The lowest BCUT2D eigenvalue weighted by Gasteiger charge is -2.02. The lowest BCUT2D eigenvalue weighted by molar-refractivity contribution is 1.06. The Hall–Kier alpha value is -2.11. The van der Waals surface area contributed by atoms with Crippen molar-refractivity contribution < 1.29 is 0 Å². The summed E-state index contributed by atoms with van der Waals surface area (Å²) in [5, 5.41) is 12.7. The fraction of sp³-hybridized carbons (Fsp3) is 0.176. The molecule has 6 heteroatoms. The average molecular weight is 343 g/mol. The first-order chi connectivity index (χ1) is 11.1. The Bertz CT molecular complexity index is 1000. The summed E-state index contributed by atoms with van der Waals surface area (Å²) in [6.07, 6.45) is 0. The molecule has 4 aromatic rings. The van der Waals surface area contributed by atoms with E-state index in [1.807, 2.05) is 32.0 Å². The van der Waals surface area contributed by atoms with E-state index in [4.69, 9.17) is 11.6 Å². The van der Waals surface area contributed by atoms with Crippen molar-refractivity contribution in [2.75, 3.05) is 5.32 Å². The molecule has 0 radical (unpaired) electrons. The quantitative estimate of drug-likeness (QED) is 0.547. The van der Waals surface area contributed by atoms with E-state index in [-0.39, 0.29) is 0 Å². The van der Waals surface area contributed by atoms with Gasteiger partial charge in [0, 0.05) is 11.9 Å². The van der Waals surface area contributed by atoms with Crippen molar-refractivity contribution in [1.29, 1.82) is 0 Å². The number of aromatic nitrogens is 3. The maximum absolute atomic E-state index is 6.35. The lowest BCUT2D eigenvalue weighted by atomic mass is 10.1. The van der Waals surface area contributed by atoms with Gasteiger partial charge in [-0.2, -0.15) is 5.10 Å². The van der Waals surface area contributed by atoms with Crippen molar-refractivity contribution in [2.45, 2.75) is 20.4 Å². The van der Waals surface area contributed by atoms with Gasteiger partial charge in [-0.25, -0.2) is 4.98 Å². The van der Waals surface area contributed by atoms with Gasteiger partial charge in [-0.15, -0.1) is 11.3 Å². The van der Waals surface area contributed by atoms with Gasteiger partial charge in [-0.1, -0.05) is 41.9 Å². The molecule has 0 amide bonds. The summed E-state index contributed by atoms with van der Waals surface area (Å²) in [5.74, 6) is 0.861. The second-order valence-electron chi connectivity index (χ2n) is 5.53. The number of aromatic amines is 1. The van der Waals surface area contributed by atoms with Crippen LogP contribution in [0.5, 0.6) is 0 Å². The molecule has 0 aliphatic rings. The number of nitrogens with one attached hydrogen (secondary N) is 2. The zero-order chi connectivity index (χ0) is 16.0. The number of H-pyrrole nitrogens is 1. The summed E-state index contributed by atoms with van der Waals surface area (Å²) >= 11 is 8.00. The molecule has 0 atom stereocenters. The summed E-state index contributed by atoms with van der Waals surface area (Å²) in [5.41, 5.74) is 4.15. The van der Waals surface area contributed by atoms with Gasteiger partial charge < -0.3 is 5.32 Å². The van der Waals surface area contributed by atoms with Crippen LogP contribution in [0.2, 0.25) is 5.02 Å².